The highest BCUT2D eigenvalue weighted by Gasteiger charge is 2.20. The lowest BCUT2D eigenvalue weighted by Crippen LogP contribution is -2.38. The van der Waals surface area contributed by atoms with Crippen LogP contribution in [0.2, 0.25) is 5.02 Å². The number of hydrogen-bond acceptors (Lipinski definition) is 2. The van der Waals surface area contributed by atoms with Gasteiger partial charge in [0.05, 0.1) is 5.69 Å². The van der Waals surface area contributed by atoms with Gasteiger partial charge in [-0.25, -0.2) is 0 Å². The van der Waals surface area contributed by atoms with E-state index in [0.717, 1.165) is 11.3 Å². The Bertz CT molecular complexity index is 666. The van der Waals surface area contributed by atoms with Crippen molar-refractivity contribution in [2.75, 3.05) is 0 Å². The number of aromatic nitrogens is 1. The van der Waals surface area contributed by atoms with Gasteiger partial charge in [0.25, 0.3) is 5.56 Å². The minimum Gasteiger partial charge on any atom is -0.322 e. The summed E-state index contributed by atoms with van der Waals surface area (Å²) in [5.41, 5.74) is 7.84. The molecule has 1 heterocycles. The van der Waals surface area contributed by atoms with Gasteiger partial charge in [0.15, 0.2) is 0 Å². The van der Waals surface area contributed by atoms with E-state index >= 15 is 0 Å². The molecule has 0 unspecified atom stereocenters. The number of hydrogen-bond donors (Lipinski definition) is 1. The summed E-state index contributed by atoms with van der Waals surface area (Å²) < 4.78 is 1.74. The molecule has 2 N–H and O–H groups in total. The summed E-state index contributed by atoms with van der Waals surface area (Å²) in [6.45, 7) is 6.23. The Kier molecular flexibility index (Phi) is 4.02. The fourth-order valence-electron chi connectivity index (χ4n) is 2.26. The Balaban J connectivity index is 2.65. The molecule has 4 heteroatoms. The van der Waals surface area contributed by atoms with Gasteiger partial charge >= 0.3 is 0 Å². The molecule has 1 aromatic carbocycles. The van der Waals surface area contributed by atoms with Gasteiger partial charge in [-0.15, -0.1) is 0 Å². The molecule has 3 nitrogen and oxygen atoms in total. The molecule has 0 atom stereocenters. The van der Waals surface area contributed by atoms with Crippen LogP contribution < -0.4 is 11.3 Å². The van der Waals surface area contributed by atoms with E-state index in [0.29, 0.717) is 17.1 Å². The van der Waals surface area contributed by atoms with Gasteiger partial charge in [-0.3, -0.25) is 4.79 Å². The van der Waals surface area contributed by atoms with Crippen molar-refractivity contribution in [1.82, 2.24) is 4.57 Å². The first-order valence-electron chi connectivity index (χ1n) is 6.63. The first-order valence-corrected chi connectivity index (χ1v) is 7.01. The van der Waals surface area contributed by atoms with Crippen LogP contribution in [-0.4, -0.2) is 4.57 Å². The molecule has 0 spiro atoms. The molecule has 20 heavy (non-hydrogen) atoms. The Morgan fingerprint density at radius 1 is 1.15 bits per heavy atom. The van der Waals surface area contributed by atoms with Crippen molar-refractivity contribution < 1.29 is 0 Å². The highest BCUT2D eigenvalue weighted by Crippen LogP contribution is 2.22. The number of benzene rings is 1. The zero-order valence-corrected chi connectivity index (χ0v) is 12.7. The lowest BCUT2D eigenvalue weighted by Gasteiger charge is -2.21. The van der Waals surface area contributed by atoms with Crippen LogP contribution in [0.1, 0.15) is 26.3 Å². The maximum atomic E-state index is 12.6. The average molecular weight is 291 g/mol. The fraction of sp³-hybridized carbons (Fsp3) is 0.312. The third kappa shape index (κ3) is 2.79. The summed E-state index contributed by atoms with van der Waals surface area (Å²) in [7, 11) is 0. The highest BCUT2D eigenvalue weighted by atomic mass is 35.5. The van der Waals surface area contributed by atoms with Gasteiger partial charge < -0.3 is 10.3 Å². The standard InChI is InChI=1S/C16H19ClN2O/c1-4-19-14(11-5-7-12(17)8-6-11)10-9-13(15(19)20)16(2,3)18/h5-10H,4,18H2,1-3H3. The van der Waals surface area contributed by atoms with E-state index < -0.39 is 5.54 Å². The summed E-state index contributed by atoms with van der Waals surface area (Å²) in [6, 6.07) is 11.2. The summed E-state index contributed by atoms with van der Waals surface area (Å²) >= 11 is 5.90. The Hall–Kier alpha value is -1.58. The molecule has 2 rings (SSSR count). The number of halogens is 1. The zero-order valence-electron chi connectivity index (χ0n) is 12.0. The second-order valence-corrected chi connectivity index (χ2v) is 5.85. The molecule has 2 aromatic rings. The van der Waals surface area contributed by atoms with Crippen molar-refractivity contribution in [2.45, 2.75) is 32.9 Å². The van der Waals surface area contributed by atoms with Crippen molar-refractivity contribution in [1.29, 1.82) is 0 Å². The lowest BCUT2D eigenvalue weighted by molar-refractivity contribution is 0.536. The second-order valence-electron chi connectivity index (χ2n) is 5.41. The molecule has 0 fully saturated rings. The Morgan fingerprint density at radius 2 is 1.75 bits per heavy atom. The van der Waals surface area contributed by atoms with Gasteiger partial charge in [0, 0.05) is 22.7 Å². The molecule has 0 aliphatic rings. The predicted octanol–water partition coefficient (Wildman–Crippen LogP) is 3.38. The van der Waals surface area contributed by atoms with Gasteiger partial charge in [0.2, 0.25) is 0 Å². The van der Waals surface area contributed by atoms with Crippen LogP contribution in [0.5, 0.6) is 0 Å². The molecule has 0 aliphatic heterocycles. The molecule has 0 saturated heterocycles. The molecule has 0 radical (unpaired) electrons. The minimum absolute atomic E-state index is 0.0348. The number of nitrogens with zero attached hydrogens (tertiary/aromatic N) is 1. The predicted molar refractivity (Wildman–Crippen MR) is 84.0 cm³/mol. The smallest absolute Gasteiger partial charge is 0.256 e. The molecular formula is C16H19ClN2O. The van der Waals surface area contributed by atoms with Crippen LogP contribution >= 0.6 is 11.6 Å². The SMILES string of the molecule is CCn1c(-c2ccc(Cl)cc2)ccc(C(C)(C)N)c1=O. The third-order valence-corrected chi connectivity index (χ3v) is 3.58. The average Bonchev–Trinajstić information content (AvgIpc) is 2.37. The van der Waals surface area contributed by atoms with Crippen LogP contribution in [0.4, 0.5) is 0 Å². The van der Waals surface area contributed by atoms with Gasteiger partial charge in [-0.05, 0) is 50.6 Å². The Labute approximate surface area is 124 Å². The summed E-state index contributed by atoms with van der Waals surface area (Å²) in [4.78, 5) is 12.6. The van der Waals surface area contributed by atoms with E-state index in [1.807, 2.05) is 57.2 Å². The maximum Gasteiger partial charge on any atom is 0.256 e. The Morgan fingerprint density at radius 3 is 2.25 bits per heavy atom. The fourth-order valence-corrected chi connectivity index (χ4v) is 2.38. The van der Waals surface area contributed by atoms with Crippen LogP contribution in [0.15, 0.2) is 41.2 Å². The van der Waals surface area contributed by atoms with E-state index in [2.05, 4.69) is 0 Å². The minimum atomic E-state index is -0.646. The van der Waals surface area contributed by atoms with E-state index in [-0.39, 0.29) is 5.56 Å². The maximum absolute atomic E-state index is 12.6. The second kappa shape index (κ2) is 5.43. The largest absolute Gasteiger partial charge is 0.322 e. The summed E-state index contributed by atoms with van der Waals surface area (Å²) in [6.07, 6.45) is 0. The van der Waals surface area contributed by atoms with Gasteiger partial charge in [0.1, 0.15) is 0 Å². The third-order valence-electron chi connectivity index (χ3n) is 3.32. The van der Waals surface area contributed by atoms with Crippen molar-refractivity contribution in [2.24, 2.45) is 5.73 Å². The van der Waals surface area contributed by atoms with Crippen LogP contribution in [0, 0.1) is 0 Å². The van der Waals surface area contributed by atoms with Crippen LogP contribution in [-0.2, 0) is 12.1 Å². The molecule has 0 bridgehead atoms. The number of pyridine rings is 1. The van der Waals surface area contributed by atoms with Crippen molar-refractivity contribution in [3.63, 3.8) is 0 Å². The molecule has 106 valence electrons. The van der Waals surface area contributed by atoms with E-state index in [9.17, 15) is 4.79 Å². The number of rotatable bonds is 3. The normalized spacial score (nSPS) is 11.7. The zero-order chi connectivity index (χ0) is 14.9. The number of nitrogens with two attached hydrogens (primary N) is 1. The van der Waals surface area contributed by atoms with Gasteiger partial charge in [-0.1, -0.05) is 23.7 Å². The van der Waals surface area contributed by atoms with E-state index in [1.54, 1.807) is 4.57 Å². The quantitative estimate of drug-likeness (QED) is 0.942. The molecule has 0 aliphatic carbocycles. The first-order chi connectivity index (χ1) is 9.34. The van der Waals surface area contributed by atoms with E-state index in [1.165, 1.54) is 0 Å². The first kappa shape index (κ1) is 14.8. The molecule has 0 saturated carbocycles. The molecule has 1 aromatic heterocycles. The highest BCUT2D eigenvalue weighted by molar-refractivity contribution is 6.30. The molecular weight excluding hydrogens is 272 g/mol. The van der Waals surface area contributed by atoms with Crippen LogP contribution in [0.25, 0.3) is 11.3 Å². The van der Waals surface area contributed by atoms with Crippen molar-refractivity contribution in [3.8, 4) is 11.3 Å². The molecule has 0 amide bonds. The topological polar surface area (TPSA) is 48.0 Å². The van der Waals surface area contributed by atoms with Crippen molar-refractivity contribution in [3.05, 3.63) is 57.3 Å². The van der Waals surface area contributed by atoms with E-state index in [4.69, 9.17) is 17.3 Å². The monoisotopic (exact) mass is 290 g/mol. The van der Waals surface area contributed by atoms with Crippen molar-refractivity contribution >= 4 is 11.6 Å². The van der Waals surface area contributed by atoms with Gasteiger partial charge in [-0.2, -0.15) is 0 Å². The lowest BCUT2D eigenvalue weighted by atomic mass is 9.96. The summed E-state index contributed by atoms with van der Waals surface area (Å²) in [5, 5.41) is 0.679. The van der Waals surface area contributed by atoms with Crippen LogP contribution in [0.3, 0.4) is 0 Å². The summed E-state index contributed by atoms with van der Waals surface area (Å²) in [5.74, 6) is 0.